The normalized spacial score (nSPS) is 14.7. The number of rotatable bonds is 3. The van der Waals surface area contributed by atoms with E-state index in [0.717, 1.165) is 47.2 Å². The third-order valence-corrected chi connectivity index (χ3v) is 4.74. The molecule has 0 saturated heterocycles. The molecule has 24 heavy (non-hydrogen) atoms. The second-order valence-electron chi connectivity index (χ2n) is 6.40. The highest BCUT2D eigenvalue weighted by molar-refractivity contribution is 5.79. The molecule has 0 fully saturated rings. The Morgan fingerprint density at radius 2 is 1.92 bits per heavy atom. The number of aliphatic hydroxyl groups is 1. The second kappa shape index (κ2) is 6.23. The number of aliphatic hydroxyl groups excluding tert-OH is 1. The van der Waals surface area contributed by atoms with E-state index in [1.807, 2.05) is 42.5 Å². The lowest BCUT2D eigenvalue weighted by Gasteiger charge is -2.28. The molecule has 2 heterocycles. The van der Waals surface area contributed by atoms with Crippen LogP contribution < -0.4 is 5.43 Å². The van der Waals surface area contributed by atoms with Gasteiger partial charge in [0, 0.05) is 48.2 Å². The fourth-order valence-electron chi connectivity index (χ4n) is 3.50. The summed E-state index contributed by atoms with van der Waals surface area (Å²) in [7, 11) is 0. The first-order valence-electron chi connectivity index (χ1n) is 8.28. The summed E-state index contributed by atoms with van der Waals surface area (Å²) < 4.78 is 0. The van der Waals surface area contributed by atoms with Gasteiger partial charge in [-0.2, -0.15) is 0 Å². The Hall–Kier alpha value is -2.43. The van der Waals surface area contributed by atoms with Crippen molar-refractivity contribution in [3.05, 3.63) is 81.1 Å². The number of pyridine rings is 1. The first kappa shape index (κ1) is 15.1. The van der Waals surface area contributed by atoms with Gasteiger partial charge in [0.05, 0.1) is 6.61 Å². The van der Waals surface area contributed by atoms with E-state index in [1.54, 1.807) is 0 Å². The molecule has 0 amide bonds. The quantitative estimate of drug-likeness (QED) is 0.780. The molecule has 1 aliphatic rings. The number of hydrogen-bond acceptors (Lipinski definition) is 3. The van der Waals surface area contributed by atoms with Crippen LogP contribution in [0.25, 0.3) is 10.9 Å². The van der Waals surface area contributed by atoms with Gasteiger partial charge in [-0.05, 0) is 23.3 Å². The Morgan fingerprint density at radius 1 is 1.08 bits per heavy atom. The van der Waals surface area contributed by atoms with Gasteiger partial charge < -0.3 is 10.1 Å². The van der Waals surface area contributed by atoms with E-state index in [9.17, 15) is 9.90 Å². The van der Waals surface area contributed by atoms with Gasteiger partial charge in [-0.3, -0.25) is 9.69 Å². The summed E-state index contributed by atoms with van der Waals surface area (Å²) >= 11 is 0. The Labute approximate surface area is 140 Å². The maximum atomic E-state index is 12.8. The molecule has 0 spiro atoms. The molecule has 0 unspecified atom stereocenters. The van der Waals surface area contributed by atoms with Crippen molar-refractivity contribution in [1.82, 2.24) is 9.88 Å². The van der Waals surface area contributed by atoms with Crippen LogP contribution >= 0.6 is 0 Å². The highest BCUT2D eigenvalue weighted by Gasteiger charge is 2.20. The molecule has 4 nitrogen and oxygen atoms in total. The Kier molecular flexibility index (Phi) is 3.92. The first-order valence-corrected chi connectivity index (χ1v) is 8.28. The smallest absolute Gasteiger partial charge is 0.194 e. The molecule has 0 radical (unpaired) electrons. The summed E-state index contributed by atoms with van der Waals surface area (Å²) in [6.45, 7) is 2.44. The molecule has 0 bridgehead atoms. The molecule has 122 valence electrons. The van der Waals surface area contributed by atoms with Crippen molar-refractivity contribution in [3.8, 4) is 0 Å². The molecule has 1 aliphatic heterocycles. The fourth-order valence-corrected chi connectivity index (χ4v) is 3.50. The van der Waals surface area contributed by atoms with Crippen LogP contribution in [0.1, 0.15) is 22.4 Å². The third kappa shape index (κ3) is 2.75. The number of para-hydroxylation sites is 1. The summed E-state index contributed by atoms with van der Waals surface area (Å²) in [4.78, 5) is 18.5. The van der Waals surface area contributed by atoms with Crippen LogP contribution in [-0.4, -0.2) is 21.5 Å². The largest absolute Gasteiger partial charge is 0.392 e. The second-order valence-corrected chi connectivity index (χ2v) is 6.40. The number of fused-ring (bicyclic) bond motifs is 2. The first-order chi connectivity index (χ1) is 11.7. The molecular formula is C20H20N2O2. The minimum atomic E-state index is 0.0579. The maximum absolute atomic E-state index is 12.8. The van der Waals surface area contributed by atoms with Crippen LogP contribution in [-0.2, 0) is 26.1 Å². The van der Waals surface area contributed by atoms with Crippen LogP contribution in [0.4, 0.5) is 0 Å². The SMILES string of the molecule is O=c1c2c([nH]c3ccccc13)CCN(Cc1cccc(CO)c1)C2. The van der Waals surface area contributed by atoms with Crippen molar-refractivity contribution in [2.45, 2.75) is 26.1 Å². The van der Waals surface area contributed by atoms with Crippen molar-refractivity contribution < 1.29 is 5.11 Å². The van der Waals surface area contributed by atoms with Crippen LogP contribution in [0, 0.1) is 0 Å². The van der Waals surface area contributed by atoms with E-state index in [4.69, 9.17) is 0 Å². The number of hydrogen-bond donors (Lipinski definition) is 2. The number of aromatic nitrogens is 1. The lowest BCUT2D eigenvalue weighted by molar-refractivity contribution is 0.242. The van der Waals surface area contributed by atoms with Crippen molar-refractivity contribution in [2.75, 3.05) is 6.54 Å². The van der Waals surface area contributed by atoms with Crippen LogP contribution in [0.3, 0.4) is 0 Å². The van der Waals surface area contributed by atoms with Gasteiger partial charge in [0.1, 0.15) is 0 Å². The molecule has 2 aromatic carbocycles. The van der Waals surface area contributed by atoms with Crippen LogP contribution in [0.5, 0.6) is 0 Å². The zero-order valence-corrected chi connectivity index (χ0v) is 13.5. The molecular weight excluding hydrogens is 300 g/mol. The van der Waals surface area contributed by atoms with Crippen molar-refractivity contribution in [1.29, 1.82) is 0 Å². The number of H-pyrrole nitrogens is 1. The molecule has 0 aliphatic carbocycles. The fraction of sp³-hybridized carbons (Fsp3) is 0.250. The van der Waals surface area contributed by atoms with E-state index in [1.165, 1.54) is 5.56 Å². The standard InChI is InChI=1S/C20H20N2O2/c23-13-15-5-3-4-14(10-15)11-22-9-8-19-17(12-22)20(24)16-6-1-2-7-18(16)21-19/h1-7,10,23H,8-9,11-13H2,(H,21,24). The van der Waals surface area contributed by atoms with Gasteiger partial charge in [-0.25, -0.2) is 0 Å². The van der Waals surface area contributed by atoms with Gasteiger partial charge in [0.15, 0.2) is 5.43 Å². The van der Waals surface area contributed by atoms with Crippen molar-refractivity contribution >= 4 is 10.9 Å². The average Bonchev–Trinajstić information content (AvgIpc) is 2.63. The molecule has 4 rings (SSSR count). The molecule has 0 saturated carbocycles. The van der Waals surface area contributed by atoms with Gasteiger partial charge >= 0.3 is 0 Å². The lowest BCUT2D eigenvalue weighted by atomic mass is 10.0. The van der Waals surface area contributed by atoms with Crippen LogP contribution in [0.15, 0.2) is 53.3 Å². The lowest BCUT2D eigenvalue weighted by Crippen LogP contribution is -2.34. The number of aromatic amines is 1. The van der Waals surface area contributed by atoms with Gasteiger partial charge in [-0.1, -0.05) is 36.4 Å². The summed E-state index contributed by atoms with van der Waals surface area (Å²) in [6.07, 6.45) is 0.856. The highest BCUT2D eigenvalue weighted by atomic mass is 16.3. The van der Waals surface area contributed by atoms with E-state index in [2.05, 4.69) is 16.0 Å². The predicted octanol–water partition coefficient (Wildman–Crippen LogP) is 2.58. The molecule has 3 aromatic rings. The van der Waals surface area contributed by atoms with Crippen LogP contribution in [0.2, 0.25) is 0 Å². The van der Waals surface area contributed by atoms with Gasteiger partial charge in [-0.15, -0.1) is 0 Å². The van der Waals surface area contributed by atoms with E-state index >= 15 is 0 Å². The predicted molar refractivity (Wildman–Crippen MR) is 94.8 cm³/mol. The Bertz CT molecular complexity index is 946. The van der Waals surface area contributed by atoms with Crippen molar-refractivity contribution in [2.24, 2.45) is 0 Å². The van der Waals surface area contributed by atoms with E-state index < -0.39 is 0 Å². The van der Waals surface area contributed by atoms with E-state index in [-0.39, 0.29) is 12.0 Å². The van der Waals surface area contributed by atoms with E-state index in [0.29, 0.717) is 6.54 Å². The topological polar surface area (TPSA) is 56.3 Å². The Morgan fingerprint density at radius 3 is 2.79 bits per heavy atom. The van der Waals surface area contributed by atoms with Gasteiger partial charge in [0.25, 0.3) is 0 Å². The van der Waals surface area contributed by atoms with Crippen molar-refractivity contribution in [3.63, 3.8) is 0 Å². The average molecular weight is 320 g/mol. The zero-order chi connectivity index (χ0) is 16.5. The molecule has 4 heteroatoms. The summed E-state index contributed by atoms with van der Waals surface area (Å²) in [5, 5.41) is 10.0. The molecule has 1 aromatic heterocycles. The summed E-state index contributed by atoms with van der Waals surface area (Å²) in [5.74, 6) is 0. The number of benzene rings is 2. The minimum Gasteiger partial charge on any atom is -0.392 e. The van der Waals surface area contributed by atoms with Gasteiger partial charge in [0.2, 0.25) is 0 Å². The third-order valence-electron chi connectivity index (χ3n) is 4.74. The zero-order valence-electron chi connectivity index (χ0n) is 13.5. The molecule has 0 atom stereocenters. The maximum Gasteiger partial charge on any atom is 0.194 e. The number of nitrogens with one attached hydrogen (secondary N) is 1. The minimum absolute atomic E-state index is 0.0579. The Balaban J connectivity index is 1.63. The summed E-state index contributed by atoms with van der Waals surface area (Å²) in [6, 6.07) is 15.7. The highest BCUT2D eigenvalue weighted by Crippen LogP contribution is 2.20. The molecule has 2 N–H and O–H groups in total. The monoisotopic (exact) mass is 320 g/mol. The summed E-state index contributed by atoms with van der Waals surface area (Å²) in [5.41, 5.74) is 5.12. The number of nitrogens with zero attached hydrogens (tertiary/aromatic N) is 1.